The minimum absolute atomic E-state index is 0.969. The van der Waals surface area contributed by atoms with Crippen LogP contribution in [0.3, 0.4) is 0 Å². The van der Waals surface area contributed by atoms with Gasteiger partial charge >= 0.3 is 0 Å². The van der Waals surface area contributed by atoms with E-state index in [2.05, 4.69) is 45.4 Å². The summed E-state index contributed by atoms with van der Waals surface area (Å²) in [5.74, 6) is 0.969. The van der Waals surface area contributed by atoms with Crippen LogP contribution >= 0.6 is 0 Å². The fourth-order valence-corrected chi connectivity index (χ4v) is 3.82. The number of ether oxygens (including phenoxy) is 1. The number of fused-ring (bicyclic) bond motifs is 1. The SMILES string of the molecule is COc1ccccc1N1CCN(Cc2cccc3c2NCC3)CC1. The summed E-state index contributed by atoms with van der Waals surface area (Å²) in [7, 11) is 1.75. The van der Waals surface area contributed by atoms with Crippen molar-refractivity contribution in [2.45, 2.75) is 13.0 Å². The fraction of sp³-hybridized carbons (Fsp3) is 0.400. The molecule has 1 fully saturated rings. The average molecular weight is 323 g/mol. The van der Waals surface area contributed by atoms with Gasteiger partial charge in [-0.2, -0.15) is 0 Å². The van der Waals surface area contributed by atoms with Crippen molar-refractivity contribution < 1.29 is 4.74 Å². The molecular formula is C20H25N3O. The largest absolute Gasteiger partial charge is 0.495 e. The predicted molar refractivity (Wildman–Crippen MR) is 99.1 cm³/mol. The van der Waals surface area contributed by atoms with E-state index in [-0.39, 0.29) is 0 Å². The van der Waals surface area contributed by atoms with Crippen molar-refractivity contribution in [3.05, 3.63) is 53.6 Å². The molecule has 0 saturated carbocycles. The van der Waals surface area contributed by atoms with Crippen LogP contribution in [0.15, 0.2) is 42.5 Å². The van der Waals surface area contributed by atoms with E-state index in [1.807, 2.05) is 12.1 Å². The molecule has 0 atom stereocenters. The monoisotopic (exact) mass is 323 g/mol. The lowest BCUT2D eigenvalue weighted by molar-refractivity contribution is 0.249. The highest BCUT2D eigenvalue weighted by Gasteiger charge is 2.21. The van der Waals surface area contributed by atoms with Crippen LogP contribution in [-0.4, -0.2) is 44.7 Å². The number of anilines is 2. The first kappa shape index (κ1) is 15.3. The lowest BCUT2D eigenvalue weighted by atomic mass is 10.1. The Labute approximate surface area is 144 Å². The van der Waals surface area contributed by atoms with Gasteiger partial charge in [-0.15, -0.1) is 0 Å². The maximum absolute atomic E-state index is 5.51. The quantitative estimate of drug-likeness (QED) is 0.936. The molecule has 4 nitrogen and oxygen atoms in total. The first-order chi connectivity index (χ1) is 11.8. The molecule has 24 heavy (non-hydrogen) atoms. The zero-order valence-corrected chi connectivity index (χ0v) is 14.3. The van der Waals surface area contributed by atoms with Gasteiger partial charge < -0.3 is 15.0 Å². The molecule has 0 radical (unpaired) electrons. The Morgan fingerprint density at radius 2 is 1.83 bits per heavy atom. The van der Waals surface area contributed by atoms with Gasteiger partial charge in [0.2, 0.25) is 0 Å². The van der Waals surface area contributed by atoms with Gasteiger partial charge in [-0.25, -0.2) is 0 Å². The summed E-state index contributed by atoms with van der Waals surface area (Å²) in [6.07, 6.45) is 1.16. The number of para-hydroxylation sites is 3. The topological polar surface area (TPSA) is 27.7 Å². The molecule has 0 spiro atoms. The molecule has 2 aromatic rings. The third-order valence-electron chi connectivity index (χ3n) is 5.13. The minimum atomic E-state index is 0.969. The fourth-order valence-electron chi connectivity index (χ4n) is 3.82. The van der Waals surface area contributed by atoms with Crippen molar-refractivity contribution in [3.63, 3.8) is 0 Å². The van der Waals surface area contributed by atoms with Gasteiger partial charge in [-0.3, -0.25) is 4.90 Å². The van der Waals surface area contributed by atoms with Crippen molar-refractivity contribution in [2.24, 2.45) is 0 Å². The summed E-state index contributed by atoms with van der Waals surface area (Å²) in [5.41, 5.74) is 5.50. The lowest BCUT2D eigenvalue weighted by Crippen LogP contribution is -2.46. The van der Waals surface area contributed by atoms with Crippen LogP contribution in [0, 0.1) is 0 Å². The molecule has 2 aliphatic rings. The van der Waals surface area contributed by atoms with Gasteiger partial charge in [-0.1, -0.05) is 30.3 Å². The van der Waals surface area contributed by atoms with Crippen LogP contribution in [0.2, 0.25) is 0 Å². The van der Waals surface area contributed by atoms with E-state index in [1.54, 1.807) is 7.11 Å². The Hall–Kier alpha value is -2.20. The van der Waals surface area contributed by atoms with E-state index in [0.29, 0.717) is 0 Å². The highest BCUT2D eigenvalue weighted by Crippen LogP contribution is 2.30. The van der Waals surface area contributed by atoms with Gasteiger partial charge in [-0.05, 0) is 29.7 Å². The van der Waals surface area contributed by atoms with Gasteiger partial charge in [0, 0.05) is 45.0 Å². The molecule has 2 heterocycles. The standard InChI is InChI=1S/C20H25N3O/c1-24-19-8-3-2-7-18(19)23-13-11-22(12-14-23)15-17-6-4-5-16-9-10-21-20(16)17/h2-8,21H,9-15H2,1H3. The Balaban J connectivity index is 1.41. The number of benzene rings is 2. The highest BCUT2D eigenvalue weighted by atomic mass is 16.5. The van der Waals surface area contributed by atoms with E-state index in [4.69, 9.17) is 4.74 Å². The minimum Gasteiger partial charge on any atom is -0.495 e. The van der Waals surface area contributed by atoms with E-state index in [9.17, 15) is 0 Å². The molecule has 0 unspecified atom stereocenters. The zero-order valence-electron chi connectivity index (χ0n) is 14.3. The maximum Gasteiger partial charge on any atom is 0.142 e. The Kier molecular flexibility index (Phi) is 4.30. The summed E-state index contributed by atoms with van der Waals surface area (Å²) < 4.78 is 5.51. The number of rotatable bonds is 4. The summed E-state index contributed by atoms with van der Waals surface area (Å²) >= 11 is 0. The molecule has 2 aromatic carbocycles. The van der Waals surface area contributed by atoms with Gasteiger partial charge in [0.1, 0.15) is 5.75 Å². The summed E-state index contributed by atoms with van der Waals surface area (Å²) in [6, 6.07) is 15.0. The summed E-state index contributed by atoms with van der Waals surface area (Å²) in [4.78, 5) is 4.99. The number of nitrogens with zero attached hydrogens (tertiary/aromatic N) is 2. The van der Waals surface area contributed by atoms with Gasteiger partial charge in [0.15, 0.2) is 0 Å². The summed E-state index contributed by atoms with van der Waals surface area (Å²) in [6.45, 7) is 6.37. The third kappa shape index (κ3) is 2.94. The molecule has 0 aliphatic carbocycles. The number of piperazine rings is 1. The van der Waals surface area contributed by atoms with Crippen molar-refractivity contribution in [1.29, 1.82) is 0 Å². The van der Waals surface area contributed by atoms with Crippen molar-refractivity contribution >= 4 is 11.4 Å². The second kappa shape index (κ2) is 6.73. The van der Waals surface area contributed by atoms with Gasteiger partial charge in [0.05, 0.1) is 12.8 Å². The number of methoxy groups -OCH3 is 1. The second-order valence-electron chi connectivity index (χ2n) is 6.56. The molecule has 2 aliphatic heterocycles. The first-order valence-electron chi connectivity index (χ1n) is 8.80. The molecule has 4 rings (SSSR count). The lowest BCUT2D eigenvalue weighted by Gasteiger charge is -2.36. The van der Waals surface area contributed by atoms with Crippen LogP contribution in [0.5, 0.6) is 5.75 Å². The van der Waals surface area contributed by atoms with Crippen molar-refractivity contribution in [3.8, 4) is 5.75 Å². The third-order valence-corrected chi connectivity index (χ3v) is 5.13. The second-order valence-corrected chi connectivity index (χ2v) is 6.56. The normalized spacial score (nSPS) is 17.5. The highest BCUT2D eigenvalue weighted by molar-refractivity contribution is 5.61. The zero-order chi connectivity index (χ0) is 16.4. The van der Waals surface area contributed by atoms with E-state index >= 15 is 0 Å². The molecule has 4 heteroatoms. The van der Waals surface area contributed by atoms with Crippen molar-refractivity contribution in [2.75, 3.05) is 50.1 Å². The van der Waals surface area contributed by atoms with Crippen LogP contribution in [0.4, 0.5) is 11.4 Å². The van der Waals surface area contributed by atoms with Crippen molar-refractivity contribution in [1.82, 2.24) is 4.90 Å². The molecule has 1 saturated heterocycles. The van der Waals surface area contributed by atoms with E-state index in [1.165, 1.54) is 22.5 Å². The van der Waals surface area contributed by atoms with Crippen LogP contribution in [0.1, 0.15) is 11.1 Å². The van der Waals surface area contributed by atoms with E-state index < -0.39 is 0 Å². The Morgan fingerprint density at radius 1 is 1.00 bits per heavy atom. The maximum atomic E-state index is 5.51. The van der Waals surface area contributed by atoms with Crippen LogP contribution < -0.4 is 15.0 Å². The molecule has 0 aromatic heterocycles. The van der Waals surface area contributed by atoms with E-state index in [0.717, 1.165) is 51.4 Å². The molecule has 126 valence electrons. The number of hydrogen-bond acceptors (Lipinski definition) is 4. The van der Waals surface area contributed by atoms with Crippen LogP contribution in [-0.2, 0) is 13.0 Å². The average Bonchev–Trinajstić information content (AvgIpc) is 3.12. The van der Waals surface area contributed by atoms with Crippen LogP contribution in [0.25, 0.3) is 0 Å². The Morgan fingerprint density at radius 3 is 2.67 bits per heavy atom. The molecule has 0 amide bonds. The summed E-state index contributed by atoms with van der Waals surface area (Å²) in [5, 5.41) is 3.55. The smallest absolute Gasteiger partial charge is 0.142 e. The first-order valence-corrected chi connectivity index (χ1v) is 8.80. The number of hydrogen-bond donors (Lipinski definition) is 1. The Bertz CT molecular complexity index is 708. The molecule has 0 bridgehead atoms. The molecular weight excluding hydrogens is 298 g/mol. The molecule has 1 N–H and O–H groups in total. The predicted octanol–water partition coefficient (Wildman–Crippen LogP) is 2.99. The number of nitrogens with one attached hydrogen (secondary N) is 1. The van der Waals surface area contributed by atoms with Gasteiger partial charge in [0.25, 0.3) is 0 Å².